The normalized spacial score (nSPS) is 13.6. The topological polar surface area (TPSA) is 12.5 Å². The second-order valence-corrected chi connectivity index (χ2v) is 12.7. The third kappa shape index (κ3) is 3.47. The van der Waals surface area contributed by atoms with Crippen molar-refractivity contribution in [3.05, 3.63) is 139 Å². The molecule has 1 aliphatic heterocycles. The van der Waals surface area contributed by atoms with E-state index in [4.69, 9.17) is 4.74 Å². The number of anilines is 2. The third-order valence-corrected chi connectivity index (χ3v) is 12.0. The van der Waals surface area contributed by atoms with Crippen LogP contribution in [0.4, 0.5) is 11.4 Å². The van der Waals surface area contributed by atoms with Gasteiger partial charge in [0.2, 0.25) is 0 Å². The van der Waals surface area contributed by atoms with Gasteiger partial charge in [0, 0.05) is 17.9 Å². The molecule has 0 spiro atoms. The first-order chi connectivity index (χ1) is 17.3. The maximum atomic E-state index is 5.39. The predicted molar refractivity (Wildman–Crippen MR) is 149 cm³/mol. The van der Waals surface area contributed by atoms with E-state index in [2.05, 4.69) is 126 Å². The Bertz CT molecular complexity index is 1360. The molecule has 5 aromatic carbocycles. The zero-order chi connectivity index (χ0) is 23.7. The van der Waals surface area contributed by atoms with Crippen LogP contribution in [0.5, 0.6) is 5.75 Å². The van der Waals surface area contributed by atoms with Crippen LogP contribution in [-0.4, -0.2) is 15.2 Å². The summed E-state index contributed by atoms with van der Waals surface area (Å²) < 4.78 is 5.39. The largest absolute Gasteiger partial charge is 0.497 e. The Kier molecular flexibility index (Phi) is 5.48. The van der Waals surface area contributed by atoms with Gasteiger partial charge in [-0.3, -0.25) is 0 Å². The fourth-order valence-corrected chi connectivity index (χ4v) is 10.7. The number of ether oxygens (including phenoxy) is 1. The summed E-state index contributed by atoms with van der Waals surface area (Å²) in [5, 5.41) is 5.69. The van der Waals surface area contributed by atoms with Crippen molar-refractivity contribution >= 4 is 40.2 Å². The molecule has 6 rings (SSSR count). The van der Waals surface area contributed by atoms with Crippen molar-refractivity contribution in [1.82, 2.24) is 0 Å². The lowest BCUT2D eigenvalue weighted by Gasteiger charge is -2.45. The molecule has 0 fully saturated rings. The summed E-state index contributed by atoms with van der Waals surface area (Å²) >= 11 is 0. The predicted octanol–water partition coefficient (Wildman–Crippen LogP) is 4.72. The first-order valence-corrected chi connectivity index (χ1v) is 14.0. The molecule has 0 atom stereocenters. The van der Waals surface area contributed by atoms with Crippen molar-refractivity contribution in [3.8, 4) is 5.75 Å². The van der Waals surface area contributed by atoms with Crippen LogP contribution in [0, 0.1) is 0 Å². The van der Waals surface area contributed by atoms with Gasteiger partial charge in [-0.2, -0.15) is 0 Å². The maximum Gasteiger partial charge on any atom is 0.183 e. The molecule has 0 bridgehead atoms. The van der Waals surface area contributed by atoms with Gasteiger partial charge in [0.05, 0.1) is 7.11 Å². The second kappa shape index (κ2) is 8.93. The van der Waals surface area contributed by atoms with Gasteiger partial charge < -0.3 is 9.64 Å². The van der Waals surface area contributed by atoms with Gasteiger partial charge in [0.1, 0.15) is 5.75 Å². The first-order valence-electron chi connectivity index (χ1n) is 12.0. The Morgan fingerprint density at radius 2 is 1.00 bits per heavy atom. The van der Waals surface area contributed by atoms with Gasteiger partial charge >= 0.3 is 0 Å². The first kappa shape index (κ1) is 21.5. The number of fused-ring (bicyclic) bond motifs is 2. The highest BCUT2D eigenvalue weighted by Crippen LogP contribution is 2.33. The van der Waals surface area contributed by atoms with Crippen molar-refractivity contribution in [3.63, 3.8) is 0 Å². The van der Waals surface area contributed by atoms with E-state index < -0.39 is 8.07 Å². The van der Waals surface area contributed by atoms with Crippen LogP contribution in [0.15, 0.2) is 133 Å². The van der Waals surface area contributed by atoms with Crippen LogP contribution >= 0.6 is 0 Å². The van der Waals surface area contributed by atoms with Crippen LogP contribution < -0.4 is 30.4 Å². The number of methoxy groups -OCH3 is 1. The smallest absolute Gasteiger partial charge is 0.183 e. The standard InChI is InChI=1S/C32H27NOSi/c1-34-26-22-20-25(21-23-26)24-33-29-16-8-10-18-31(29)35(27-12-4-2-5-13-27,28-14-6-3-7-15-28)32-19-11-9-17-30(32)33/h2-23H,24H2,1H3. The minimum atomic E-state index is -2.51. The lowest BCUT2D eigenvalue weighted by Crippen LogP contribution is -2.77. The molecule has 0 aliphatic carbocycles. The second-order valence-electron chi connectivity index (χ2n) is 8.95. The van der Waals surface area contributed by atoms with Gasteiger partial charge in [-0.25, -0.2) is 0 Å². The highest BCUT2D eigenvalue weighted by atomic mass is 28.3. The summed E-state index contributed by atoms with van der Waals surface area (Å²) in [6.07, 6.45) is 0. The van der Waals surface area contributed by atoms with E-state index in [1.165, 1.54) is 37.7 Å². The molecule has 0 saturated heterocycles. The average Bonchev–Trinajstić information content (AvgIpc) is 2.94. The van der Waals surface area contributed by atoms with E-state index in [-0.39, 0.29) is 0 Å². The van der Waals surface area contributed by atoms with Crippen LogP contribution in [0.3, 0.4) is 0 Å². The molecule has 3 heteroatoms. The van der Waals surface area contributed by atoms with Crippen LogP contribution in [-0.2, 0) is 6.54 Å². The molecule has 170 valence electrons. The van der Waals surface area contributed by atoms with E-state index >= 15 is 0 Å². The maximum absolute atomic E-state index is 5.39. The molecular formula is C32H27NOSi. The molecule has 0 radical (unpaired) electrons. The molecule has 2 nitrogen and oxygen atoms in total. The number of rotatable bonds is 5. The third-order valence-electron chi connectivity index (χ3n) is 7.11. The van der Waals surface area contributed by atoms with Crippen molar-refractivity contribution in [2.45, 2.75) is 6.54 Å². The molecule has 1 heterocycles. The SMILES string of the molecule is COc1ccc(CN2c3ccccc3[Si](c3ccccc3)(c3ccccc3)c3ccccc32)cc1. The Morgan fingerprint density at radius 3 is 1.49 bits per heavy atom. The van der Waals surface area contributed by atoms with Gasteiger partial charge in [-0.1, -0.05) is 109 Å². The van der Waals surface area contributed by atoms with E-state index in [0.29, 0.717) is 0 Å². The Morgan fingerprint density at radius 1 is 0.543 bits per heavy atom. The van der Waals surface area contributed by atoms with Gasteiger partial charge in [-0.15, -0.1) is 0 Å². The van der Waals surface area contributed by atoms with E-state index in [1.54, 1.807) is 7.11 Å². The quantitative estimate of drug-likeness (QED) is 0.345. The number of nitrogens with zero attached hydrogens (tertiary/aromatic N) is 1. The van der Waals surface area contributed by atoms with Gasteiger partial charge in [0.25, 0.3) is 0 Å². The summed E-state index contributed by atoms with van der Waals surface area (Å²) in [6.45, 7) is 0.798. The lowest BCUT2D eigenvalue weighted by molar-refractivity contribution is 0.414. The highest BCUT2D eigenvalue weighted by molar-refractivity contribution is 7.21. The zero-order valence-corrected chi connectivity index (χ0v) is 20.8. The molecule has 0 amide bonds. The molecule has 35 heavy (non-hydrogen) atoms. The summed E-state index contributed by atoms with van der Waals surface area (Å²) in [7, 11) is -0.800. The molecule has 0 N–H and O–H groups in total. The molecule has 0 saturated carbocycles. The van der Waals surface area contributed by atoms with Crippen molar-refractivity contribution in [2.24, 2.45) is 0 Å². The zero-order valence-electron chi connectivity index (χ0n) is 19.8. The Labute approximate surface area is 208 Å². The summed E-state index contributed by atoms with van der Waals surface area (Å²) in [4.78, 5) is 2.49. The number of hydrogen-bond acceptors (Lipinski definition) is 2. The Hall–Kier alpha value is -4.08. The number of hydrogen-bond donors (Lipinski definition) is 0. The molecule has 5 aromatic rings. The van der Waals surface area contributed by atoms with Gasteiger partial charge in [-0.05, 0) is 50.6 Å². The molecule has 0 unspecified atom stereocenters. The minimum Gasteiger partial charge on any atom is -0.497 e. The van der Waals surface area contributed by atoms with Crippen molar-refractivity contribution in [2.75, 3.05) is 12.0 Å². The summed E-state index contributed by atoms with van der Waals surface area (Å²) in [5.41, 5.74) is 3.84. The van der Waals surface area contributed by atoms with E-state index in [1.807, 2.05) is 12.1 Å². The highest BCUT2D eigenvalue weighted by Gasteiger charge is 2.48. The van der Waals surface area contributed by atoms with Crippen LogP contribution in [0.25, 0.3) is 0 Å². The molecule has 1 aliphatic rings. The fraction of sp³-hybridized carbons (Fsp3) is 0.0625. The summed E-state index contributed by atoms with van der Waals surface area (Å²) in [6, 6.07) is 48.7. The monoisotopic (exact) mass is 469 g/mol. The van der Waals surface area contributed by atoms with Gasteiger partial charge in [0.15, 0.2) is 8.07 Å². The lowest BCUT2D eigenvalue weighted by atomic mass is 10.1. The summed E-state index contributed by atoms with van der Waals surface area (Å²) in [5.74, 6) is 0.882. The minimum absolute atomic E-state index is 0.798. The van der Waals surface area contributed by atoms with E-state index in [0.717, 1.165) is 12.3 Å². The fourth-order valence-electron chi connectivity index (χ4n) is 5.58. The van der Waals surface area contributed by atoms with Crippen LogP contribution in [0.1, 0.15) is 5.56 Å². The molecule has 0 aromatic heterocycles. The van der Waals surface area contributed by atoms with Crippen molar-refractivity contribution < 1.29 is 4.74 Å². The van der Waals surface area contributed by atoms with Crippen molar-refractivity contribution in [1.29, 1.82) is 0 Å². The average molecular weight is 470 g/mol. The molecular weight excluding hydrogens is 442 g/mol. The Balaban J connectivity index is 1.63. The number of para-hydroxylation sites is 2. The van der Waals surface area contributed by atoms with E-state index in [9.17, 15) is 0 Å². The number of benzene rings is 5. The van der Waals surface area contributed by atoms with Crippen LogP contribution in [0.2, 0.25) is 0 Å².